The van der Waals surface area contributed by atoms with Crippen molar-refractivity contribution in [3.05, 3.63) is 0 Å². The fraction of sp³-hybridized carbons (Fsp3) is 1.00. The summed E-state index contributed by atoms with van der Waals surface area (Å²) >= 11 is 2.11. The van der Waals surface area contributed by atoms with E-state index >= 15 is 0 Å². The van der Waals surface area contributed by atoms with Crippen molar-refractivity contribution in [2.24, 2.45) is 11.8 Å². The minimum absolute atomic E-state index is 0.699. The lowest BCUT2D eigenvalue weighted by Gasteiger charge is -2.33. The number of hydrogen-bond acceptors (Lipinski definition) is 3. The summed E-state index contributed by atoms with van der Waals surface area (Å²) in [5.41, 5.74) is 0. The third-order valence-corrected chi connectivity index (χ3v) is 4.70. The van der Waals surface area contributed by atoms with Gasteiger partial charge in [0.15, 0.2) is 0 Å². The van der Waals surface area contributed by atoms with Crippen molar-refractivity contribution in [3.63, 3.8) is 0 Å². The number of rotatable bonds is 3. The minimum Gasteiger partial charge on any atom is -0.381 e. The molecule has 3 heteroatoms. The molecule has 2 nitrogen and oxygen atoms in total. The van der Waals surface area contributed by atoms with Crippen LogP contribution in [0.25, 0.3) is 0 Å². The number of nitrogens with one attached hydrogen (secondary N) is 1. The molecule has 2 heterocycles. The van der Waals surface area contributed by atoms with Crippen LogP contribution in [0.3, 0.4) is 0 Å². The third kappa shape index (κ3) is 2.44. The Morgan fingerprint density at radius 2 is 2.29 bits per heavy atom. The molecule has 82 valence electrons. The Morgan fingerprint density at radius 3 is 2.86 bits per heavy atom. The third-order valence-electron chi connectivity index (χ3n) is 3.51. The van der Waals surface area contributed by atoms with E-state index in [4.69, 9.17) is 4.74 Å². The summed E-state index contributed by atoms with van der Waals surface area (Å²) in [6.45, 7) is 1.96. The number of hydrogen-bond donors (Lipinski definition) is 1. The van der Waals surface area contributed by atoms with Crippen LogP contribution < -0.4 is 5.32 Å². The zero-order valence-electron chi connectivity index (χ0n) is 9.00. The van der Waals surface area contributed by atoms with Crippen molar-refractivity contribution in [2.75, 3.05) is 31.8 Å². The molecule has 0 bridgehead atoms. The molecular weight excluding hydrogens is 194 g/mol. The average Bonchev–Trinajstić information content (AvgIpc) is 2.74. The first-order valence-electron chi connectivity index (χ1n) is 5.74. The van der Waals surface area contributed by atoms with Crippen molar-refractivity contribution in [1.82, 2.24) is 5.32 Å². The molecule has 0 amide bonds. The zero-order chi connectivity index (χ0) is 9.80. The van der Waals surface area contributed by atoms with Crippen molar-refractivity contribution in [1.29, 1.82) is 0 Å². The number of ether oxygens (including phenoxy) is 1. The first-order valence-corrected chi connectivity index (χ1v) is 6.90. The minimum atomic E-state index is 0.699. The van der Waals surface area contributed by atoms with Gasteiger partial charge in [0.1, 0.15) is 0 Å². The second kappa shape index (κ2) is 5.38. The molecule has 1 N–H and O–H groups in total. The topological polar surface area (TPSA) is 21.3 Å². The van der Waals surface area contributed by atoms with E-state index in [1.807, 2.05) is 0 Å². The van der Waals surface area contributed by atoms with Gasteiger partial charge in [0.05, 0.1) is 6.61 Å². The Balaban J connectivity index is 1.89. The van der Waals surface area contributed by atoms with Gasteiger partial charge in [-0.25, -0.2) is 0 Å². The Labute approximate surface area is 91.2 Å². The van der Waals surface area contributed by atoms with Crippen LogP contribution >= 0.6 is 11.8 Å². The Bertz CT molecular complexity index is 165. The summed E-state index contributed by atoms with van der Waals surface area (Å²) in [4.78, 5) is 0. The predicted octanol–water partition coefficient (Wildman–Crippen LogP) is 1.75. The molecule has 3 atom stereocenters. The van der Waals surface area contributed by atoms with Crippen molar-refractivity contribution >= 4 is 11.8 Å². The van der Waals surface area contributed by atoms with Crippen LogP contribution in [-0.2, 0) is 4.74 Å². The molecule has 0 saturated carbocycles. The maximum Gasteiger partial charge on any atom is 0.0509 e. The van der Waals surface area contributed by atoms with Gasteiger partial charge in [-0.1, -0.05) is 0 Å². The molecular formula is C11H21NOS. The molecule has 0 aromatic carbocycles. The van der Waals surface area contributed by atoms with Gasteiger partial charge in [-0.05, 0) is 49.7 Å². The van der Waals surface area contributed by atoms with E-state index < -0.39 is 0 Å². The first-order chi connectivity index (χ1) is 6.92. The lowest BCUT2D eigenvalue weighted by molar-refractivity contribution is 0.0322. The monoisotopic (exact) mass is 215 g/mol. The van der Waals surface area contributed by atoms with Crippen molar-refractivity contribution in [2.45, 2.75) is 25.3 Å². The Hall–Kier alpha value is 0.270. The van der Waals surface area contributed by atoms with Gasteiger partial charge in [-0.3, -0.25) is 0 Å². The van der Waals surface area contributed by atoms with Gasteiger partial charge in [0.2, 0.25) is 0 Å². The summed E-state index contributed by atoms with van der Waals surface area (Å²) in [5, 5.41) is 3.52. The van der Waals surface area contributed by atoms with Crippen LogP contribution in [0.5, 0.6) is 0 Å². The van der Waals surface area contributed by atoms with E-state index in [9.17, 15) is 0 Å². The quantitative estimate of drug-likeness (QED) is 0.775. The molecule has 2 rings (SSSR count). The van der Waals surface area contributed by atoms with E-state index in [2.05, 4.69) is 24.1 Å². The second-order valence-corrected chi connectivity index (χ2v) is 5.57. The summed E-state index contributed by atoms with van der Waals surface area (Å²) in [7, 11) is 2.11. The van der Waals surface area contributed by atoms with Gasteiger partial charge < -0.3 is 10.1 Å². The van der Waals surface area contributed by atoms with Crippen molar-refractivity contribution < 1.29 is 4.74 Å². The zero-order valence-corrected chi connectivity index (χ0v) is 9.81. The van der Waals surface area contributed by atoms with Gasteiger partial charge in [0, 0.05) is 12.6 Å². The largest absolute Gasteiger partial charge is 0.381 e. The average molecular weight is 215 g/mol. The van der Waals surface area contributed by atoms with E-state index in [1.54, 1.807) is 0 Å². The van der Waals surface area contributed by atoms with Gasteiger partial charge >= 0.3 is 0 Å². The maximum atomic E-state index is 5.58. The molecule has 14 heavy (non-hydrogen) atoms. The van der Waals surface area contributed by atoms with Crippen LogP contribution in [-0.4, -0.2) is 37.8 Å². The van der Waals surface area contributed by atoms with Crippen LogP contribution in [0.15, 0.2) is 0 Å². The molecule has 2 saturated heterocycles. The van der Waals surface area contributed by atoms with Crippen LogP contribution in [0.1, 0.15) is 19.3 Å². The molecule has 3 unspecified atom stereocenters. The maximum absolute atomic E-state index is 5.58. The lowest BCUT2D eigenvalue weighted by atomic mass is 9.84. The molecule has 2 fully saturated rings. The van der Waals surface area contributed by atoms with Crippen LogP contribution in [0, 0.1) is 11.8 Å². The standard InChI is InChI=1S/C11H21NOS/c1-12-11(10-4-6-14-8-10)9-3-2-5-13-7-9/h9-12H,2-8H2,1H3. The van der Waals surface area contributed by atoms with E-state index in [0.717, 1.165) is 25.0 Å². The molecule has 0 aromatic heterocycles. The summed E-state index contributed by atoms with van der Waals surface area (Å²) in [5.74, 6) is 4.35. The molecule has 2 aliphatic rings. The highest BCUT2D eigenvalue weighted by Crippen LogP contribution is 2.31. The van der Waals surface area contributed by atoms with E-state index in [0.29, 0.717) is 6.04 Å². The fourth-order valence-corrected chi connectivity index (χ4v) is 4.05. The summed E-state index contributed by atoms with van der Waals surface area (Å²) < 4.78 is 5.58. The fourth-order valence-electron chi connectivity index (χ4n) is 2.74. The molecule has 2 aliphatic heterocycles. The van der Waals surface area contributed by atoms with Crippen molar-refractivity contribution in [3.8, 4) is 0 Å². The highest BCUT2D eigenvalue weighted by molar-refractivity contribution is 7.99. The summed E-state index contributed by atoms with van der Waals surface area (Å²) in [6, 6.07) is 0.699. The highest BCUT2D eigenvalue weighted by Gasteiger charge is 2.31. The SMILES string of the molecule is CNC(C1CCCOC1)C1CCSC1. The van der Waals surface area contributed by atoms with Gasteiger partial charge in [-0.15, -0.1) is 0 Å². The second-order valence-electron chi connectivity index (χ2n) is 4.42. The Morgan fingerprint density at radius 1 is 1.36 bits per heavy atom. The van der Waals surface area contributed by atoms with Crippen LogP contribution in [0.4, 0.5) is 0 Å². The highest BCUT2D eigenvalue weighted by atomic mass is 32.2. The first kappa shape index (κ1) is 10.8. The predicted molar refractivity (Wildman–Crippen MR) is 61.8 cm³/mol. The lowest BCUT2D eigenvalue weighted by Crippen LogP contribution is -2.43. The summed E-state index contributed by atoms with van der Waals surface area (Å²) in [6.07, 6.45) is 4.00. The molecule has 0 spiro atoms. The van der Waals surface area contributed by atoms with Gasteiger partial charge in [0.25, 0.3) is 0 Å². The van der Waals surface area contributed by atoms with E-state index in [1.165, 1.54) is 30.8 Å². The number of thioether (sulfide) groups is 1. The van der Waals surface area contributed by atoms with Gasteiger partial charge in [-0.2, -0.15) is 11.8 Å². The van der Waals surface area contributed by atoms with E-state index in [-0.39, 0.29) is 0 Å². The van der Waals surface area contributed by atoms with Crippen LogP contribution in [0.2, 0.25) is 0 Å². The molecule has 0 aliphatic carbocycles. The normalized spacial score (nSPS) is 35.8. The Kier molecular flexibility index (Phi) is 4.14. The smallest absolute Gasteiger partial charge is 0.0509 e. The molecule has 0 radical (unpaired) electrons. The molecule has 0 aromatic rings.